The molecule has 0 aliphatic heterocycles. The summed E-state index contributed by atoms with van der Waals surface area (Å²) in [7, 11) is 1.88. The summed E-state index contributed by atoms with van der Waals surface area (Å²) in [6.45, 7) is 4.83. The second-order valence-electron chi connectivity index (χ2n) is 4.88. The summed E-state index contributed by atoms with van der Waals surface area (Å²) < 4.78 is 3.46. The maximum atomic E-state index is 12.0. The zero-order valence-corrected chi connectivity index (χ0v) is 12.6. The molecule has 7 heteroatoms. The Bertz CT molecular complexity index is 604. The molecule has 1 unspecified atom stereocenters. The van der Waals surface area contributed by atoms with Gasteiger partial charge in [-0.25, -0.2) is 0 Å². The van der Waals surface area contributed by atoms with Gasteiger partial charge in [0.15, 0.2) is 0 Å². The highest BCUT2D eigenvalue weighted by atomic mass is 35.5. The van der Waals surface area contributed by atoms with Crippen LogP contribution in [0.5, 0.6) is 0 Å². The first-order chi connectivity index (χ1) is 9.47. The van der Waals surface area contributed by atoms with E-state index in [1.165, 1.54) is 0 Å². The van der Waals surface area contributed by atoms with Crippen LogP contribution in [0.25, 0.3) is 0 Å². The minimum atomic E-state index is -0.178. The SMILES string of the molecule is Cc1c(CNC(=O)C(C)Cn2cc(Cl)cn2)cnn1C. The van der Waals surface area contributed by atoms with Gasteiger partial charge < -0.3 is 5.32 Å². The average molecular weight is 296 g/mol. The van der Waals surface area contributed by atoms with E-state index in [0.29, 0.717) is 18.1 Å². The van der Waals surface area contributed by atoms with E-state index in [0.717, 1.165) is 11.3 Å². The molecule has 0 bridgehead atoms. The fourth-order valence-corrected chi connectivity index (χ4v) is 2.03. The lowest BCUT2D eigenvalue weighted by Gasteiger charge is -2.12. The highest BCUT2D eigenvalue weighted by molar-refractivity contribution is 6.30. The number of hydrogen-bond donors (Lipinski definition) is 1. The van der Waals surface area contributed by atoms with Crippen molar-refractivity contribution in [2.45, 2.75) is 26.9 Å². The quantitative estimate of drug-likeness (QED) is 0.910. The van der Waals surface area contributed by atoms with Crippen molar-refractivity contribution in [2.24, 2.45) is 13.0 Å². The van der Waals surface area contributed by atoms with Crippen molar-refractivity contribution in [3.05, 3.63) is 34.9 Å². The normalized spacial score (nSPS) is 12.4. The van der Waals surface area contributed by atoms with E-state index in [9.17, 15) is 4.79 Å². The number of aryl methyl sites for hydroxylation is 1. The Morgan fingerprint density at radius 1 is 1.45 bits per heavy atom. The van der Waals surface area contributed by atoms with Gasteiger partial charge in [-0.2, -0.15) is 10.2 Å². The molecule has 1 N–H and O–H groups in total. The van der Waals surface area contributed by atoms with Gasteiger partial charge in [0.1, 0.15) is 0 Å². The summed E-state index contributed by atoms with van der Waals surface area (Å²) in [5.74, 6) is -0.192. The molecule has 20 heavy (non-hydrogen) atoms. The fraction of sp³-hybridized carbons (Fsp3) is 0.462. The van der Waals surface area contributed by atoms with Crippen LogP contribution in [0.15, 0.2) is 18.6 Å². The summed E-state index contributed by atoms with van der Waals surface area (Å²) in [5, 5.41) is 11.7. The zero-order chi connectivity index (χ0) is 14.7. The summed E-state index contributed by atoms with van der Waals surface area (Å²) >= 11 is 5.79. The van der Waals surface area contributed by atoms with Crippen molar-refractivity contribution in [1.29, 1.82) is 0 Å². The molecule has 2 aromatic rings. The molecule has 0 saturated carbocycles. The van der Waals surface area contributed by atoms with Gasteiger partial charge in [0, 0.05) is 31.0 Å². The summed E-state index contributed by atoms with van der Waals surface area (Å²) in [6.07, 6.45) is 5.04. The van der Waals surface area contributed by atoms with Crippen LogP contribution in [0.1, 0.15) is 18.2 Å². The van der Waals surface area contributed by atoms with Gasteiger partial charge in [-0.1, -0.05) is 18.5 Å². The number of halogens is 1. The van der Waals surface area contributed by atoms with Gasteiger partial charge in [-0.3, -0.25) is 14.2 Å². The molecule has 1 amide bonds. The lowest BCUT2D eigenvalue weighted by atomic mass is 10.1. The molecule has 2 aromatic heterocycles. The average Bonchev–Trinajstić information content (AvgIpc) is 2.95. The lowest BCUT2D eigenvalue weighted by molar-refractivity contribution is -0.125. The maximum Gasteiger partial charge on any atom is 0.224 e. The minimum absolute atomic E-state index is 0.0140. The standard InChI is InChI=1S/C13H18ClN5O/c1-9(7-19-8-12(14)6-17-19)13(20)15-4-11-5-16-18(3)10(11)2/h5-6,8-9H,4,7H2,1-3H3,(H,15,20). The smallest absolute Gasteiger partial charge is 0.224 e. The molecular weight excluding hydrogens is 278 g/mol. The van der Waals surface area contributed by atoms with Crippen LogP contribution in [-0.2, 0) is 24.9 Å². The van der Waals surface area contributed by atoms with Crippen LogP contribution in [0.2, 0.25) is 5.02 Å². The second kappa shape index (κ2) is 6.09. The topological polar surface area (TPSA) is 64.7 Å². The molecule has 0 aromatic carbocycles. The van der Waals surface area contributed by atoms with E-state index in [2.05, 4.69) is 15.5 Å². The molecule has 0 saturated heterocycles. The van der Waals surface area contributed by atoms with Crippen LogP contribution >= 0.6 is 11.6 Å². The van der Waals surface area contributed by atoms with Crippen molar-refractivity contribution < 1.29 is 4.79 Å². The molecule has 2 rings (SSSR count). The van der Waals surface area contributed by atoms with Crippen molar-refractivity contribution in [2.75, 3.05) is 0 Å². The van der Waals surface area contributed by atoms with Gasteiger partial charge in [0.2, 0.25) is 5.91 Å². The zero-order valence-electron chi connectivity index (χ0n) is 11.8. The van der Waals surface area contributed by atoms with E-state index in [-0.39, 0.29) is 11.8 Å². The lowest BCUT2D eigenvalue weighted by Crippen LogP contribution is -2.31. The van der Waals surface area contributed by atoms with Crippen molar-refractivity contribution >= 4 is 17.5 Å². The molecule has 108 valence electrons. The molecule has 0 aliphatic rings. The van der Waals surface area contributed by atoms with Crippen LogP contribution in [0.3, 0.4) is 0 Å². The minimum Gasteiger partial charge on any atom is -0.352 e. The van der Waals surface area contributed by atoms with Crippen molar-refractivity contribution in [3.8, 4) is 0 Å². The number of nitrogens with one attached hydrogen (secondary N) is 1. The van der Waals surface area contributed by atoms with Gasteiger partial charge >= 0.3 is 0 Å². The fourth-order valence-electron chi connectivity index (χ4n) is 1.88. The first kappa shape index (κ1) is 14.6. The monoisotopic (exact) mass is 295 g/mol. The molecule has 0 spiro atoms. The van der Waals surface area contributed by atoms with E-state index in [4.69, 9.17) is 11.6 Å². The van der Waals surface area contributed by atoms with E-state index in [1.54, 1.807) is 28.0 Å². The number of hydrogen-bond acceptors (Lipinski definition) is 3. The first-order valence-electron chi connectivity index (χ1n) is 6.40. The van der Waals surface area contributed by atoms with Gasteiger partial charge in [-0.05, 0) is 6.92 Å². The highest BCUT2D eigenvalue weighted by Gasteiger charge is 2.14. The predicted molar refractivity (Wildman–Crippen MR) is 76.2 cm³/mol. The number of nitrogens with zero attached hydrogens (tertiary/aromatic N) is 4. The van der Waals surface area contributed by atoms with Gasteiger partial charge in [0.25, 0.3) is 0 Å². The van der Waals surface area contributed by atoms with E-state index in [1.807, 2.05) is 20.9 Å². The summed E-state index contributed by atoms with van der Waals surface area (Å²) in [6, 6.07) is 0. The highest BCUT2D eigenvalue weighted by Crippen LogP contribution is 2.09. The first-order valence-corrected chi connectivity index (χ1v) is 6.78. The summed E-state index contributed by atoms with van der Waals surface area (Å²) in [5.41, 5.74) is 2.08. The van der Waals surface area contributed by atoms with Crippen LogP contribution in [0, 0.1) is 12.8 Å². The Labute approximate surface area is 122 Å². The molecule has 6 nitrogen and oxygen atoms in total. The Hall–Kier alpha value is -1.82. The van der Waals surface area contributed by atoms with Gasteiger partial charge in [-0.15, -0.1) is 0 Å². The third-order valence-corrected chi connectivity index (χ3v) is 3.50. The Morgan fingerprint density at radius 2 is 2.20 bits per heavy atom. The Balaban J connectivity index is 1.86. The summed E-state index contributed by atoms with van der Waals surface area (Å²) in [4.78, 5) is 12.0. The van der Waals surface area contributed by atoms with Crippen LogP contribution in [-0.4, -0.2) is 25.5 Å². The predicted octanol–water partition coefficient (Wildman–Crippen LogP) is 1.53. The molecular formula is C13H18ClN5O. The molecule has 1 atom stereocenters. The largest absolute Gasteiger partial charge is 0.352 e. The molecule has 0 aliphatic carbocycles. The van der Waals surface area contributed by atoms with Gasteiger partial charge in [0.05, 0.1) is 29.9 Å². The Kier molecular flexibility index (Phi) is 4.44. The molecule has 0 fully saturated rings. The number of aromatic nitrogens is 4. The molecule has 0 radical (unpaired) electrons. The molecule has 2 heterocycles. The van der Waals surface area contributed by atoms with Crippen molar-refractivity contribution in [1.82, 2.24) is 24.9 Å². The van der Waals surface area contributed by atoms with Crippen LogP contribution in [0.4, 0.5) is 0 Å². The third-order valence-electron chi connectivity index (χ3n) is 3.30. The van der Waals surface area contributed by atoms with E-state index >= 15 is 0 Å². The maximum absolute atomic E-state index is 12.0. The Morgan fingerprint density at radius 3 is 2.75 bits per heavy atom. The number of carbonyl (C=O) groups excluding carboxylic acids is 1. The van der Waals surface area contributed by atoms with Crippen LogP contribution < -0.4 is 5.32 Å². The number of amides is 1. The second-order valence-corrected chi connectivity index (χ2v) is 5.31. The third kappa shape index (κ3) is 3.39. The van der Waals surface area contributed by atoms with E-state index < -0.39 is 0 Å². The van der Waals surface area contributed by atoms with Crippen molar-refractivity contribution in [3.63, 3.8) is 0 Å². The number of rotatable bonds is 5. The number of carbonyl (C=O) groups is 1.